The van der Waals surface area contributed by atoms with Gasteiger partial charge in [-0.1, -0.05) is 12.1 Å². The molecule has 3 rings (SSSR count). The number of benzene rings is 2. The summed E-state index contributed by atoms with van der Waals surface area (Å²) in [6, 6.07) is 15.1. The summed E-state index contributed by atoms with van der Waals surface area (Å²) < 4.78 is 46.0. The second-order valence-corrected chi connectivity index (χ2v) is 7.26. The minimum atomic E-state index is -3.88. The third-order valence-corrected chi connectivity index (χ3v) is 5.18. The van der Waals surface area contributed by atoms with Crippen molar-refractivity contribution in [2.75, 3.05) is 4.72 Å². The van der Waals surface area contributed by atoms with Gasteiger partial charge in [-0.3, -0.25) is 4.72 Å². The highest BCUT2D eigenvalue weighted by molar-refractivity contribution is 7.92. The lowest BCUT2D eigenvalue weighted by Gasteiger charge is -2.11. The number of ether oxygens (including phenoxy) is 1. The Balaban J connectivity index is 1.78. The average Bonchev–Trinajstić information content (AvgIpc) is 2.63. The first-order chi connectivity index (χ1) is 12.9. The van der Waals surface area contributed by atoms with Crippen molar-refractivity contribution >= 4 is 15.7 Å². The van der Waals surface area contributed by atoms with Crippen LogP contribution in [0.5, 0.6) is 11.6 Å². The smallest absolute Gasteiger partial charge is 0.262 e. The number of nitrogens with zero attached hydrogens (tertiary/aromatic N) is 2. The van der Waals surface area contributed by atoms with Crippen LogP contribution < -0.4 is 9.46 Å². The molecule has 27 heavy (non-hydrogen) atoms. The standard InChI is InChI=1S/C19H14FN3O3S/c1-13-10-15(20)6-8-18(13)27(24,25)23-16-7-9-19(22-12-16)26-17-5-3-2-4-14(17)11-21/h2-10,12,23H,1H3. The Labute approximate surface area is 155 Å². The van der Waals surface area contributed by atoms with Crippen molar-refractivity contribution < 1.29 is 17.5 Å². The fourth-order valence-electron chi connectivity index (χ4n) is 2.39. The molecule has 0 aliphatic rings. The number of hydrogen-bond donors (Lipinski definition) is 1. The van der Waals surface area contributed by atoms with Gasteiger partial charge in [0.2, 0.25) is 5.88 Å². The Bertz CT molecular complexity index is 1120. The number of nitrogens with one attached hydrogen (secondary N) is 1. The van der Waals surface area contributed by atoms with Gasteiger partial charge in [0.05, 0.1) is 22.3 Å². The lowest BCUT2D eigenvalue weighted by molar-refractivity contribution is 0.461. The fraction of sp³-hybridized carbons (Fsp3) is 0.0526. The first kappa shape index (κ1) is 18.4. The van der Waals surface area contributed by atoms with E-state index in [1.54, 1.807) is 24.3 Å². The molecule has 0 aliphatic carbocycles. The molecule has 3 aromatic rings. The molecule has 1 aromatic heterocycles. The first-order valence-electron chi connectivity index (χ1n) is 7.81. The highest BCUT2D eigenvalue weighted by Crippen LogP contribution is 2.25. The number of halogens is 1. The molecule has 1 N–H and O–H groups in total. The van der Waals surface area contributed by atoms with Crippen molar-refractivity contribution in [3.63, 3.8) is 0 Å². The zero-order valence-electron chi connectivity index (χ0n) is 14.2. The number of para-hydroxylation sites is 1. The van der Waals surface area contributed by atoms with Gasteiger partial charge in [-0.05, 0) is 48.9 Å². The predicted molar refractivity (Wildman–Crippen MR) is 97.4 cm³/mol. The summed E-state index contributed by atoms with van der Waals surface area (Å²) in [7, 11) is -3.88. The number of nitriles is 1. The molecule has 2 aromatic carbocycles. The van der Waals surface area contributed by atoms with E-state index in [2.05, 4.69) is 9.71 Å². The van der Waals surface area contributed by atoms with Crippen molar-refractivity contribution in [3.05, 3.63) is 77.7 Å². The molecule has 0 unspecified atom stereocenters. The molecule has 0 aliphatic heterocycles. The van der Waals surface area contributed by atoms with E-state index in [0.29, 0.717) is 16.9 Å². The van der Waals surface area contributed by atoms with E-state index in [0.717, 1.165) is 12.1 Å². The Morgan fingerprint density at radius 1 is 1.15 bits per heavy atom. The molecule has 8 heteroatoms. The van der Waals surface area contributed by atoms with Crippen molar-refractivity contribution in [2.45, 2.75) is 11.8 Å². The van der Waals surface area contributed by atoms with Crippen LogP contribution in [-0.4, -0.2) is 13.4 Å². The van der Waals surface area contributed by atoms with Gasteiger partial charge in [-0.15, -0.1) is 0 Å². The molecule has 0 spiro atoms. The maximum Gasteiger partial charge on any atom is 0.262 e. The summed E-state index contributed by atoms with van der Waals surface area (Å²) in [6.07, 6.45) is 1.29. The molecule has 0 atom stereocenters. The molecular formula is C19H14FN3O3S. The molecule has 1 heterocycles. The van der Waals surface area contributed by atoms with E-state index in [1.807, 2.05) is 6.07 Å². The van der Waals surface area contributed by atoms with Crippen LogP contribution in [-0.2, 0) is 10.0 Å². The summed E-state index contributed by atoms with van der Waals surface area (Å²) in [4.78, 5) is 4.02. The summed E-state index contributed by atoms with van der Waals surface area (Å²) >= 11 is 0. The predicted octanol–water partition coefficient (Wildman–Crippen LogP) is 3.99. The third-order valence-electron chi connectivity index (χ3n) is 3.64. The molecule has 0 saturated carbocycles. The van der Waals surface area contributed by atoms with E-state index >= 15 is 0 Å². The van der Waals surface area contributed by atoms with Gasteiger partial charge in [-0.2, -0.15) is 5.26 Å². The number of hydrogen-bond acceptors (Lipinski definition) is 5. The second-order valence-electron chi connectivity index (χ2n) is 5.61. The number of aromatic nitrogens is 1. The highest BCUT2D eigenvalue weighted by Gasteiger charge is 2.17. The van der Waals surface area contributed by atoms with Crippen molar-refractivity contribution in [1.29, 1.82) is 5.26 Å². The SMILES string of the molecule is Cc1cc(F)ccc1S(=O)(=O)Nc1ccc(Oc2ccccc2C#N)nc1. The maximum absolute atomic E-state index is 13.2. The van der Waals surface area contributed by atoms with E-state index in [9.17, 15) is 12.8 Å². The van der Waals surface area contributed by atoms with Crippen LogP contribution in [0, 0.1) is 24.1 Å². The van der Waals surface area contributed by atoms with Gasteiger partial charge in [0, 0.05) is 6.07 Å². The summed E-state index contributed by atoms with van der Waals surface area (Å²) in [5.74, 6) is 0.0497. The van der Waals surface area contributed by atoms with Crippen LogP contribution >= 0.6 is 0 Å². The normalized spacial score (nSPS) is 10.9. The van der Waals surface area contributed by atoms with E-state index < -0.39 is 15.8 Å². The summed E-state index contributed by atoms with van der Waals surface area (Å²) in [6.45, 7) is 1.51. The average molecular weight is 383 g/mol. The van der Waals surface area contributed by atoms with Crippen LogP contribution in [0.4, 0.5) is 10.1 Å². The third kappa shape index (κ3) is 4.22. The Kier molecular flexibility index (Phi) is 5.05. The zero-order chi connectivity index (χ0) is 19.4. The molecule has 136 valence electrons. The monoisotopic (exact) mass is 383 g/mol. The topological polar surface area (TPSA) is 92.1 Å². The quantitative estimate of drug-likeness (QED) is 0.719. The van der Waals surface area contributed by atoms with Crippen LogP contribution in [0.1, 0.15) is 11.1 Å². The Morgan fingerprint density at radius 2 is 1.93 bits per heavy atom. The number of anilines is 1. The lowest BCUT2D eigenvalue weighted by Crippen LogP contribution is -2.14. The van der Waals surface area contributed by atoms with Gasteiger partial charge in [-0.25, -0.2) is 17.8 Å². The van der Waals surface area contributed by atoms with Crippen LogP contribution in [0.15, 0.2) is 65.7 Å². The van der Waals surface area contributed by atoms with Crippen molar-refractivity contribution in [3.8, 4) is 17.7 Å². The molecule has 0 bridgehead atoms. The molecule has 0 amide bonds. The molecule has 6 nitrogen and oxygen atoms in total. The fourth-order valence-corrected chi connectivity index (χ4v) is 3.66. The van der Waals surface area contributed by atoms with E-state index in [4.69, 9.17) is 10.00 Å². The second kappa shape index (κ2) is 7.43. The Morgan fingerprint density at radius 3 is 2.59 bits per heavy atom. The van der Waals surface area contributed by atoms with Gasteiger partial charge in [0.1, 0.15) is 17.6 Å². The number of pyridine rings is 1. The van der Waals surface area contributed by atoms with Gasteiger partial charge in [0.15, 0.2) is 0 Å². The van der Waals surface area contributed by atoms with Crippen molar-refractivity contribution in [1.82, 2.24) is 4.98 Å². The van der Waals surface area contributed by atoms with E-state index in [1.165, 1.54) is 31.3 Å². The van der Waals surface area contributed by atoms with E-state index in [-0.39, 0.29) is 16.5 Å². The van der Waals surface area contributed by atoms with Crippen LogP contribution in [0.2, 0.25) is 0 Å². The first-order valence-corrected chi connectivity index (χ1v) is 9.29. The zero-order valence-corrected chi connectivity index (χ0v) is 15.0. The van der Waals surface area contributed by atoms with Crippen molar-refractivity contribution in [2.24, 2.45) is 0 Å². The number of rotatable bonds is 5. The highest BCUT2D eigenvalue weighted by atomic mass is 32.2. The van der Waals surface area contributed by atoms with Gasteiger partial charge >= 0.3 is 0 Å². The molecular weight excluding hydrogens is 369 g/mol. The van der Waals surface area contributed by atoms with Gasteiger partial charge < -0.3 is 4.74 Å². The van der Waals surface area contributed by atoms with Crippen LogP contribution in [0.25, 0.3) is 0 Å². The van der Waals surface area contributed by atoms with Gasteiger partial charge in [0.25, 0.3) is 10.0 Å². The molecule has 0 radical (unpaired) electrons. The summed E-state index contributed by atoms with van der Waals surface area (Å²) in [5.41, 5.74) is 0.874. The summed E-state index contributed by atoms with van der Waals surface area (Å²) in [5, 5.41) is 9.07. The number of aryl methyl sites for hydroxylation is 1. The number of sulfonamides is 1. The minimum absolute atomic E-state index is 0.0211. The molecule has 0 fully saturated rings. The molecule has 0 saturated heterocycles. The Hall–Kier alpha value is -3.44. The lowest BCUT2D eigenvalue weighted by atomic mass is 10.2. The van der Waals surface area contributed by atoms with Crippen LogP contribution in [0.3, 0.4) is 0 Å². The largest absolute Gasteiger partial charge is 0.438 e. The maximum atomic E-state index is 13.2. The minimum Gasteiger partial charge on any atom is -0.438 e.